The molecule has 1 unspecified atom stereocenters. The first-order valence-corrected chi connectivity index (χ1v) is 8.53. The van der Waals surface area contributed by atoms with Gasteiger partial charge in [0.1, 0.15) is 0 Å². The molecular weight excluding hydrogens is 274 g/mol. The molecule has 0 spiro atoms. The average Bonchev–Trinajstić information content (AvgIpc) is 2.48. The minimum absolute atomic E-state index is 0.383. The maximum Gasteiger partial charge on any atom is 0.0302 e. The van der Waals surface area contributed by atoms with Gasteiger partial charge in [0.05, 0.1) is 0 Å². The minimum atomic E-state index is 0.383. The van der Waals surface area contributed by atoms with Crippen LogP contribution in [0.25, 0.3) is 0 Å². The second-order valence-corrected chi connectivity index (χ2v) is 6.76. The molecule has 2 aromatic carbocycles. The summed E-state index contributed by atoms with van der Waals surface area (Å²) in [4.78, 5) is 2.64. The zero-order chi connectivity index (χ0) is 15.2. The molecule has 0 aliphatic carbocycles. The molecule has 2 aromatic rings. The topological polar surface area (TPSA) is 12.0 Å². The van der Waals surface area contributed by atoms with E-state index in [1.54, 1.807) is 0 Å². The number of benzene rings is 2. The molecule has 0 bridgehead atoms. The Morgan fingerprint density at radius 1 is 0.952 bits per heavy atom. The van der Waals surface area contributed by atoms with Crippen LogP contribution in [0.15, 0.2) is 58.3 Å². The molecule has 1 N–H and O–H groups in total. The van der Waals surface area contributed by atoms with Gasteiger partial charge in [-0.05, 0) is 48.7 Å². The van der Waals surface area contributed by atoms with Crippen LogP contribution in [0.4, 0.5) is 0 Å². The highest BCUT2D eigenvalue weighted by Crippen LogP contribution is 2.33. The number of rotatable bonds is 6. The fourth-order valence-corrected chi connectivity index (χ4v) is 3.43. The van der Waals surface area contributed by atoms with Gasteiger partial charge in [0.25, 0.3) is 0 Å². The Kier molecular flexibility index (Phi) is 5.89. The highest BCUT2D eigenvalue weighted by Gasteiger charge is 2.10. The van der Waals surface area contributed by atoms with E-state index < -0.39 is 0 Å². The lowest BCUT2D eigenvalue weighted by Crippen LogP contribution is -2.18. The van der Waals surface area contributed by atoms with E-state index in [0.29, 0.717) is 12.0 Å². The largest absolute Gasteiger partial charge is 0.310 e. The van der Waals surface area contributed by atoms with Crippen molar-refractivity contribution in [3.8, 4) is 0 Å². The Morgan fingerprint density at radius 2 is 1.62 bits per heavy atom. The molecule has 112 valence electrons. The first kappa shape index (κ1) is 16.1. The van der Waals surface area contributed by atoms with Crippen molar-refractivity contribution in [3.05, 3.63) is 59.7 Å². The van der Waals surface area contributed by atoms with Crippen molar-refractivity contribution in [1.29, 1.82) is 0 Å². The van der Waals surface area contributed by atoms with Gasteiger partial charge in [-0.15, -0.1) is 0 Å². The van der Waals surface area contributed by atoms with E-state index in [0.717, 1.165) is 6.54 Å². The van der Waals surface area contributed by atoms with Crippen LogP contribution in [0.3, 0.4) is 0 Å². The molecule has 0 aromatic heterocycles. The standard InChI is InChI=1S/C19H25NS/c1-5-20-15(4)18-8-6-7-9-19(18)21-17-12-10-16(11-13-17)14(2)3/h6-15,20H,5H2,1-4H3. The minimum Gasteiger partial charge on any atom is -0.310 e. The predicted octanol–water partition coefficient (Wildman–Crippen LogP) is 5.63. The molecule has 2 rings (SSSR count). The zero-order valence-corrected chi connectivity index (χ0v) is 14.2. The summed E-state index contributed by atoms with van der Waals surface area (Å²) in [5.41, 5.74) is 2.77. The molecule has 21 heavy (non-hydrogen) atoms. The van der Waals surface area contributed by atoms with Crippen LogP contribution in [0.5, 0.6) is 0 Å². The van der Waals surface area contributed by atoms with Crippen LogP contribution in [0.2, 0.25) is 0 Å². The van der Waals surface area contributed by atoms with E-state index in [1.807, 2.05) is 11.8 Å². The van der Waals surface area contributed by atoms with E-state index in [-0.39, 0.29) is 0 Å². The Bertz CT molecular complexity index is 560. The van der Waals surface area contributed by atoms with Crippen LogP contribution in [-0.2, 0) is 0 Å². The van der Waals surface area contributed by atoms with Crippen molar-refractivity contribution >= 4 is 11.8 Å². The normalized spacial score (nSPS) is 12.6. The molecule has 1 nitrogen and oxygen atoms in total. The van der Waals surface area contributed by atoms with Gasteiger partial charge in [0.2, 0.25) is 0 Å². The molecule has 0 fully saturated rings. The molecule has 0 aliphatic heterocycles. The highest BCUT2D eigenvalue weighted by molar-refractivity contribution is 7.99. The van der Waals surface area contributed by atoms with Gasteiger partial charge in [0, 0.05) is 15.8 Å². The fraction of sp³-hybridized carbons (Fsp3) is 0.368. The third kappa shape index (κ3) is 4.36. The van der Waals surface area contributed by atoms with Crippen LogP contribution >= 0.6 is 11.8 Å². The highest BCUT2D eigenvalue weighted by atomic mass is 32.2. The summed E-state index contributed by atoms with van der Waals surface area (Å²) in [5, 5.41) is 3.50. The molecule has 0 heterocycles. The lowest BCUT2D eigenvalue weighted by molar-refractivity contribution is 0.590. The summed E-state index contributed by atoms with van der Waals surface area (Å²) in [5.74, 6) is 0.588. The molecule has 2 heteroatoms. The lowest BCUT2D eigenvalue weighted by Gasteiger charge is -2.17. The van der Waals surface area contributed by atoms with E-state index in [9.17, 15) is 0 Å². The number of nitrogens with one attached hydrogen (secondary N) is 1. The van der Waals surface area contributed by atoms with Crippen molar-refractivity contribution < 1.29 is 0 Å². The Labute approximate surface area is 133 Å². The van der Waals surface area contributed by atoms with Gasteiger partial charge < -0.3 is 5.32 Å². The van der Waals surface area contributed by atoms with Crippen molar-refractivity contribution in [1.82, 2.24) is 5.32 Å². The van der Waals surface area contributed by atoms with E-state index in [2.05, 4.69) is 81.5 Å². The SMILES string of the molecule is CCNC(C)c1ccccc1Sc1ccc(C(C)C)cc1. The van der Waals surface area contributed by atoms with Crippen molar-refractivity contribution in [2.75, 3.05) is 6.54 Å². The van der Waals surface area contributed by atoms with Crippen molar-refractivity contribution in [2.45, 2.75) is 49.4 Å². The van der Waals surface area contributed by atoms with E-state index in [4.69, 9.17) is 0 Å². The van der Waals surface area contributed by atoms with E-state index >= 15 is 0 Å². The van der Waals surface area contributed by atoms with Gasteiger partial charge in [-0.1, -0.05) is 62.9 Å². The molecule has 1 atom stereocenters. The smallest absolute Gasteiger partial charge is 0.0302 e. The van der Waals surface area contributed by atoms with Crippen LogP contribution in [0.1, 0.15) is 50.8 Å². The maximum absolute atomic E-state index is 3.50. The molecule has 0 saturated carbocycles. The summed E-state index contributed by atoms with van der Waals surface area (Å²) in [6.45, 7) is 9.83. The first-order chi connectivity index (χ1) is 10.1. The van der Waals surface area contributed by atoms with E-state index in [1.165, 1.54) is 20.9 Å². The van der Waals surface area contributed by atoms with Crippen molar-refractivity contribution in [2.24, 2.45) is 0 Å². The lowest BCUT2D eigenvalue weighted by atomic mass is 10.0. The van der Waals surface area contributed by atoms with Gasteiger partial charge in [-0.25, -0.2) is 0 Å². The van der Waals surface area contributed by atoms with Crippen LogP contribution in [-0.4, -0.2) is 6.54 Å². The fourth-order valence-electron chi connectivity index (χ4n) is 2.40. The molecule has 0 aliphatic rings. The molecule has 0 amide bonds. The van der Waals surface area contributed by atoms with Crippen LogP contribution < -0.4 is 5.32 Å². The monoisotopic (exact) mass is 299 g/mol. The average molecular weight is 299 g/mol. The summed E-state index contributed by atoms with van der Waals surface area (Å²) < 4.78 is 0. The predicted molar refractivity (Wildman–Crippen MR) is 93.2 cm³/mol. The third-order valence-electron chi connectivity index (χ3n) is 3.67. The van der Waals surface area contributed by atoms with Gasteiger partial charge in [-0.2, -0.15) is 0 Å². The molecule has 0 saturated heterocycles. The Hall–Kier alpha value is -1.25. The van der Waals surface area contributed by atoms with Crippen molar-refractivity contribution in [3.63, 3.8) is 0 Å². The quantitative estimate of drug-likeness (QED) is 0.741. The third-order valence-corrected chi connectivity index (χ3v) is 4.77. The zero-order valence-electron chi connectivity index (χ0n) is 13.4. The summed E-state index contributed by atoms with van der Waals surface area (Å²) in [6, 6.07) is 18.0. The second kappa shape index (κ2) is 7.67. The molecular formula is C19H25NS. The van der Waals surface area contributed by atoms with Gasteiger partial charge >= 0.3 is 0 Å². The Balaban J connectivity index is 2.19. The second-order valence-electron chi connectivity index (χ2n) is 5.64. The number of hydrogen-bond donors (Lipinski definition) is 1. The number of hydrogen-bond acceptors (Lipinski definition) is 2. The maximum atomic E-state index is 3.50. The summed E-state index contributed by atoms with van der Waals surface area (Å²) >= 11 is 1.85. The van der Waals surface area contributed by atoms with Crippen LogP contribution in [0, 0.1) is 0 Å². The summed E-state index contributed by atoms with van der Waals surface area (Å²) in [6.07, 6.45) is 0. The summed E-state index contributed by atoms with van der Waals surface area (Å²) in [7, 11) is 0. The Morgan fingerprint density at radius 3 is 2.24 bits per heavy atom. The van der Waals surface area contributed by atoms with Gasteiger partial charge in [-0.3, -0.25) is 0 Å². The molecule has 0 radical (unpaired) electrons. The van der Waals surface area contributed by atoms with Gasteiger partial charge in [0.15, 0.2) is 0 Å². The first-order valence-electron chi connectivity index (χ1n) is 7.72.